The summed E-state index contributed by atoms with van der Waals surface area (Å²) >= 11 is 17.4. The van der Waals surface area contributed by atoms with Crippen molar-refractivity contribution in [3.63, 3.8) is 0 Å². The lowest BCUT2D eigenvalue weighted by atomic mass is 9.94. The van der Waals surface area contributed by atoms with Crippen molar-refractivity contribution in [2.45, 2.75) is 38.0 Å². The summed E-state index contributed by atoms with van der Waals surface area (Å²) in [7, 11) is -4.61. The first-order valence-electron chi connectivity index (χ1n) is 10.8. The molecule has 15 heteroatoms. The van der Waals surface area contributed by atoms with Crippen LogP contribution < -0.4 is 0 Å². The maximum atomic E-state index is 13.7. The number of sulfone groups is 1. The second kappa shape index (κ2) is 12.7. The van der Waals surface area contributed by atoms with Crippen LogP contribution in [0, 0.1) is 5.92 Å². The fourth-order valence-corrected chi connectivity index (χ4v) is 5.93. The molecule has 2 aromatic carbocycles. The Morgan fingerprint density at radius 1 is 0.974 bits per heavy atom. The zero-order valence-corrected chi connectivity index (χ0v) is 22.8. The van der Waals surface area contributed by atoms with Crippen molar-refractivity contribution in [3.05, 3.63) is 73.7 Å². The van der Waals surface area contributed by atoms with E-state index in [9.17, 15) is 48.3 Å². The number of rotatable bonds is 10. The third kappa shape index (κ3) is 9.91. The molecule has 0 aromatic heterocycles. The van der Waals surface area contributed by atoms with Crippen LogP contribution in [0.2, 0.25) is 15.1 Å². The van der Waals surface area contributed by atoms with Crippen LogP contribution in [0.1, 0.15) is 52.7 Å². The van der Waals surface area contributed by atoms with Crippen molar-refractivity contribution in [1.29, 1.82) is 0 Å². The van der Waals surface area contributed by atoms with E-state index in [1.54, 1.807) is 0 Å². The number of allylic oxidation sites excluding steroid dienone is 1. The summed E-state index contributed by atoms with van der Waals surface area (Å²) in [6.07, 6.45) is -12.1. The highest BCUT2D eigenvalue weighted by Gasteiger charge is 2.39. The number of halogens is 11. The molecule has 0 spiro atoms. The van der Waals surface area contributed by atoms with Crippen LogP contribution in [-0.2, 0) is 9.84 Å². The van der Waals surface area contributed by atoms with Crippen LogP contribution in [0.25, 0.3) is 6.08 Å². The Kier molecular flexibility index (Phi) is 10.9. The molecular weight excluding hydrogens is 627 g/mol. The standard InChI is InChI=1S/C24H19Cl3F8O3S/c1-12(10-39(37,38)11-23(30,31)32)6-20(36)15-4-2-13(7-16(15)22(28)29)3-5-17(24(33,34)35)14-8-18(25)21(27)19(26)9-14/h2-5,7-9,12,17,22H,6,10-11H2,1H3/b5-3+/t12-,17?/m0/s1. The molecule has 0 N–H and O–H groups in total. The summed E-state index contributed by atoms with van der Waals surface area (Å²) in [4.78, 5) is 12.6. The molecule has 2 rings (SSSR count). The quantitative estimate of drug-likeness (QED) is 0.147. The van der Waals surface area contributed by atoms with Crippen LogP contribution in [0.4, 0.5) is 35.1 Å². The summed E-state index contributed by atoms with van der Waals surface area (Å²) in [5.41, 5.74) is -1.86. The molecule has 1 unspecified atom stereocenters. The van der Waals surface area contributed by atoms with Crippen molar-refractivity contribution in [1.82, 2.24) is 0 Å². The maximum Gasteiger partial charge on any atom is 0.402 e. The lowest BCUT2D eigenvalue weighted by molar-refractivity contribution is -0.139. The van der Waals surface area contributed by atoms with E-state index in [4.69, 9.17) is 34.8 Å². The second-order valence-electron chi connectivity index (χ2n) is 8.73. The van der Waals surface area contributed by atoms with E-state index >= 15 is 0 Å². The number of Topliss-reactive ketones (excluding diaryl/α,β-unsaturated/α-hetero) is 1. The summed E-state index contributed by atoms with van der Waals surface area (Å²) in [6.45, 7) is 1.18. The van der Waals surface area contributed by atoms with E-state index < -0.39 is 75.3 Å². The Bertz CT molecular complexity index is 1320. The van der Waals surface area contributed by atoms with E-state index in [0.29, 0.717) is 6.08 Å². The minimum absolute atomic E-state index is 0.122. The van der Waals surface area contributed by atoms with Gasteiger partial charge in [-0.15, -0.1) is 0 Å². The molecule has 2 atom stereocenters. The van der Waals surface area contributed by atoms with Gasteiger partial charge in [0.15, 0.2) is 15.6 Å². The first-order valence-corrected chi connectivity index (χ1v) is 13.8. The second-order valence-corrected chi connectivity index (χ2v) is 12.0. The Hall–Kier alpha value is -1.89. The average Bonchev–Trinajstić information content (AvgIpc) is 2.74. The van der Waals surface area contributed by atoms with Crippen molar-refractivity contribution in [2.24, 2.45) is 5.92 Å². The van der Waals surface area contributed by atoms with E-state index in [-0.39, 0.29) is 26.2 Å². The number of ketones is 1. The van der Waals surface area contributed by atoms with E-state index in [2.05, 4.69) is 0 Å². The Morgan fingerprint density at radius 3 is 2.03 bits per heavy atom. The molecule has 0 aliphatic heterocycles. The Morgan fingerprint density at radius 2 is 1.54 bits per heavy atom. The number of hydrogen-bond donors (Lipinski definition) is 0. The van der Waals surface area contributed by atoms with Crippen molar-refractivity contribution < 1.29 is 48.3 Å². The topological polar surface area (TPSA) is 51.2 Å². The molecule has 0 bridgehead atoms. The third-order valence-electron chi connectivity index (χ3n) is 5.27. The first-order chi connectivity index (χ1) is 17.7. The van der Waals surface area contributed by atoms with E-state index in [0.717, 1.165) is 36.4 Å². The predicted octanol–water partition coefficient (Wildman–Crippen LogP) is 9.13. The molecule has 0 saturated heterocycles. The highest BCUT2D eigenvalue weighted by molar-refractivity contribution is 7.91. The number of carbonyl (C=O) groups excluding carboxylic acids is 1. The highest BCUT2D eigenvalue weighted by atomic mass is 35.5. The number of hydrogen-bond acceptors (Lipinski definition) is 3. The van der Waals surface area contributed by atoms with Crippen LogP contribution in [0.15, 0.2) is 36.4 Å². The van der Waals surface area contributed by atoms with Gasteiger partial charge >= 0.3 is 12.4 Å². The van der Waals surface area contributed by atoms with Gasteiger partial charge in [0.25, 0.3) is 6.43 Å². The van der Waals surface area contributed by atoms with E-state index in [1.807, 2.05) is 0 Å². The Labute approximate surface area is 233 Å². The molecule has 0 amide bonds. The lowest BCUT2D eigenvalue weighted by Gasteiger charge is -2.18. The summed E-state index contributed by atoms with van der Waals surface area (Å²) < 4.78 is 129. The average molecular weight is 646 g/mol. The monoisotopic (exact) mass is 644 g/mol. The molecule has 216 valence electrons. The van der Waals surface area contributed by atoms with Crippen LogP contribution in [0.3, 0.4) is 0 Å². The van der Waals surface area contributed by atoms with Crippen molar-refractivity contribution in [2.75, 3.05) is 11.5 Å². The van der Waals surface area contributed by atoms with Gasteiger partial charge in [0.2, 0.25) is 0 Å². The van der Waals surface area contributed by atoms with Gasteiger partial charge in [-0.2, -0.15) is 26.3 Å². The van der Waals surface area contributed by atoms with Crippen molar-refractivity contribution in [3.8, 4) is 0 Å². The van der Waals surface area contributed by atoms with Gasteiger partial charge in [-0.3, -0.25) is 4.79 Å². The predicted molar refractivity (Wildman–Crippen MR) is 134 cm³/mol. The SMILES string of the molecule is C[C@@H](CC(=O)c1ccc(/C=C/C(c2cc(Cl)c(Cl)c(Cl)c2)C(F)(F)F)cc1C(F)F)CS(=O)(=O)CC(F)(F)F. The normalized spacial score (nSPS) is 14.7. The molecule has 0 heterocycles. The van der Waals surface area contributed by atoms with Gasteiger partial charge in [0.05, 0.1) is 26.7 Å². The van der Waals surface area contributed by atoms with Crippen LogP contribution in [-0.4, -0.2) is 38.1 Å². The Balaban J connectivity index is 2.32. The molecule has 0 saturated carbocycles. The molecule has 3 nitrogen and oxygen atoms in total. The van der Waals surface area contributed by atoms with Gasteiger partial charge in [0.1, 0.15) is 5.75 Å². The molecule has 0 radical (unpaired) electrons. The van der Waals surface area contributed by atoms with E-state index in [1.165, 1.54) is 6.92 Å². The number of alkyl halides is 8. The van der Waals surface area contributed by atoms with Gasteiger partial charge in [-0.05, 0) is 35.2 Å². The van der Waals surface area contributed by atoms with Gasteiger partial charge < -0.3 is 0 Å². The molecule has 39 heavy (non-hydrogen) atoms. The summed E-state index contributed by atoms with van der Waals surface area (Å²) in [5, 5.41) is -0.615. The number of carbonyl (C=O) groups is 1. The van der Waals surface area contributed by atoms with Gasteiger partial charge in [-0.25, -0.2) is 17.2 Å². The smallest absolute Gasteiger partial charge is 0.294 e. The largest absolute Gasteiger partial charge is 0.402 e. The fraction of sp³-hybridized carbons (Fsp3) is 0.375. The van der Waals surface area contributed by atoms with Gasteiger partial charge in [-0.1, -0.05) is 66.0 Å². The molecule has 0 aliphatic carbocycles. The molecular formula is C24H19Cl3F8O3S. The highest BCUT2D eigenvalue weighted by Crippen LogP contribution is 2.41. The summed E-state index contributed by atoms with van der Waals surface area (Å²) in [6, 6.07) is 4.73. The molecule has 2 aromatic rings. The van der Waals surface area contributed by atoms with Crippen LogP contribution in [0.5, 0.6) is 0 Å². The minimum Gasteiger partial charge on any atom is -0.294 e. The zero-order chi connectivity index (χ0) is 29.9. The van der Waals surface area contributed by atoms with Crippen molar-refractivity contribution >= 4 is 56.5 Å². The summed E-state index contributed by atoms with van der Waals surface area (Å²) in [5.74, 6) is -7.43. The first kappa shape index (κ1) is 33.3. The molecule has 0 aliphatic rings. The maximum absolute atomic E-state index is 13.7. The lowest BCUT2D eigenvalue weighted by Crippen LogP contribution is -2.28. The number of benzene rings is 2. The fourth-order valence-electron chi connectivity index (χ4n) is 3.72. The zero-order valence-electron chi connectivity index (χ0n) is 19.7. The third-order valence-corrected chi connectivity index (χ3v) is 8.31. The minimum atomic E-state index is -4.98. The van der Waals surface area contributed by atoms with Crippen LogP contribution >= 0.6 is 34.8 Å². The molecule has 0 fully saturated rings. The van der Waals surface area contributed by atoms with Gasteiger partial charge in [0, 0.05) is 17.5 Å².